The highest BCUT2D eigenvalue weighted by Gasteiger charge is 2.38. The van der Waals surface area contributed by atoms with Crippen LogP contribution in [0.2, 0.25) is 0 Å². The van der Waals surface area contributed by atoms with Crippen LogP contribution >= 0.6 is 0 Å². The van der Waals surface area contributed by atoms with Crippen molar-refractivity contribution in [3.05, 3.63) is 29.8 Å². The third kappa shape index (κ3) is 12.0. The van der Waals surface area contributed by atoms with Crippen LogP contribution in [0.5, 0.6) is 5.75 Å². The van der Waals surface area contributed by atoms with E-state index in [1.54, 1.807) is 60.6 Å². The Morgan fingerprint density at radius 1 is 0.531 bits per heavy atom. The predicted octanol–water partition coefficient (Wildman–Crippen LogP) is 1.92. The minimum Gasteiger partial charge on any atom is -0.508 e. The average Bonchev–Trinajstić information content (AvgIpc) is 3.01. The molecule has 49 heavy (non-hydrogen) atoms. The summed E-state index contributed by atoms with van der Waals surface area (Å²) in [6.45, 7) is 18.0. The molecule has 7 N–H and O–H groups in total. The van der Waals surface area contributed by atoms with Crippen molar-refractivity contribution >= 4 is 35.4 Å². The minimum atomic E-state index is -1.17. The molecule has 1 aromatic rings. The van der Waals surface area contributed by atoms with Gasteiger partial charge in [0.2, 0.25) is 35.4 Å². The second-order valence-electron chi connectivity index (χ2n) is 14.7. The monoisotopic (exact) mass is 686 g/mol. The van der Waals surface area contributed by atoms with E-state index < -0.39 is 77.6 Å². The van der Waals surface area contributed by atoms with Crippen LogP contribution in [0, 0.1) is 29.6 Å². The number of aromatic hydroxyl groups is 1. The first-order valence-electron chi connectivity index (χ1n) is 17.5. The molecule has 1 fully saturated rings. The fourth-order valence-electron chi connectivity index (χ4n) is 5.60. The van der Waals surface area contributed by atoms with E-state index in [1.807, 2.05) is 20.8 Å². The maximum absolute atomic E-state index is 14.0. The quantitative estimate of drug-likeness (QED) is 0.206. The van der Waals surface area contributed by atoms with Crippen LogP contribution in [0.1, 0.15) is 87.6 Å². The number of rotatable bonds is 9. The van der Waals surface area contributed by atoms with E-state index in [9.17, 15) is 33.9 Å². The van der Waals surface area contributed by atoms with Gasteiger partial charge in [0.1, 0.15) is 42.0 Å². The Balaban J connectivity index is 2.68. The van der Waals surface area contributed by atoms with Crippen molar-refractivity contribution in [3.8, 4) is 5.75 Å². The lowest BCUT2D eigenvalue weighted by Gasteiger charge is -2.32. The first-order chi connectivity index (χ1) is 22.9. The Bertz CT molecular complexity index is 1310. The summed E-state index contributed by atoms with van der Waals surface area (Å²) in [5.74, 6) is -5.03. The summed E-state index contributed by atoms with van der Waals surface area (Å²) in [4.78, 5) is 82.8. The summed E-state index contributed by atoms with van der Waals surface area (Å²) in [7, 11) is 0. The zero-order valence-electron chi connectivity index (χ0n) is 30.7. The Morgan fingerprint density at radius 2 is 0.898 bits per heavy atom. The van der Waals surface area contributed by atoms with Crippen molar-refractivity contribution in [1.82, 2.24) is 31.9 Å². The van der Waals surface area contributed by atoms with Gasteiger partial charge in [0, 0.05) is 6.42 Å². The van der Waals surface area contributed by atoms with Crippen molar-refractivity contribution in [2.24, 2.45) is 29.6 Å². The number of hydrogen-bond donors (Lipinski definition) is 7. The Kier molecular flexibility index (Phi) is 15.5. The van der Waals surface area contributed by atoms with Gasteiger partial charge >= 0.3 is 0 Å². The van der Waals surface area contributed by atoms with Gasteiger partial charge in [0.05, 0.1) is 0 Å². The predicted molar refractivity (Wildman–Crippen MR) is 187 cm³/mol. The molecule has 0 aliphatic carbocycles. The maximum atomic E-state index is 14.0. The molecule has 13 nitrogen and oxygen atoms in total. The number of amides is 6. The van der Waals surface area contributed by atoms with Gasteiger partial charge < -0.3 is 37.0 Å². The second-order valence-corrected chi connectivity index (χ2v) is 14.7. The highest BCUT2D eigenvalue weighted by Crippen LogP contribution is 2.16. The van der Waals surface area contributed by atoms with Crippen molar-refractivity contribution in [3.63, 3.8) is 0 Å². The van der Waals surface area contributed by atoms with Crippen LogP contribution in [0.25, 0.3) is 0 Å². The number of phenolic OH excluding ortho intramolecular Hbond substituents is 1. The number of carbonyl (C=O) groups is 6. The number of nitrogens with one attached hydrogen (secondary N) is 6. The largest absolute Gasteiger partial charge is 0.508 e. The Hall–Kier alpha value is -4.16. The Labute approximate surface area is 290 Å². The van der Waals surface area contributed by atoms with Gasteiger partial charge in [-0.3, -0.25) is 28.8 Å². The molecule has 0 spiro atoms. The normalized spacial score (nSPS) is 25.9. The summed E-state index contributed by atoms with van der Waals surface area (Å²) in [6.07, 6.45) is 0.798. The zero-order chi connectivity index (χ0) is 37.2. The molecule has 1 heterocycles. The van der Waals surface area contributed by atoms with Crippen molar-refractivity contribution in [1.29, 1.82) is 0 Å². The summed E-state index contributed by atoms with van der Waals surface area (Å²) in [6, 6.07) is -0.228. The zero-order valence-corrected chi connectivity index (χ0v) is 30.7. The van der Waals surface area contributed by atoms with E-state index in [1.165, 1.54) is 12.1 Å². The van der Waals surface area contributed by atoms with E-state index in [0.29, 0.717) is 12.0 Å². The molecule has 7 unspecified atom stereocenters. The van der Waals surface area contributed by atoms with Gasteiger partial charge in [-0.1, -0.05) is 87.8 Å². The molecule has 0 bridgehead atoms. The van der Waals surface area contributed by atoms with Gasteiger partial charge in [0.25, 0.3) is 0 Å². The molecular weight excluding hydrogens is 628 g/mol. The molecule has 2 rings (SSSR count). The van der Waals surface area contributed by atoms with E-state index in [4.69, 9.17) is 0 Å². The van der Waals surface area contributed by atoms with Crippen LogP contribution in [-0.2, 0) is 35.2 Å². The van der Waals surface area contributed by atoms with Gasteiger partial charge in [-0.15, -0.1) is 0 Å². The van der Waals surface area contributed by atoms with Crippen LogP contribution in [0.15, 0.2) is 24.3 Å². The molecular formula is C36H58N6O7. The average molecular weight is 687 g/mol. The molecule has 1 aliphatic heterocycles. The van der Waals surface area contributed by atoms with Crippen LogP contribution < -0.4 is 31.9 Å². The lowest BCUT2D eigenvalue weighted by atomic mass is 9.95. The van der Waals surface area contributed by atoms with Crippen LogP contribution in [0.4, 0.5) is 0 Å². The van der Waals surface area contributed by atoms with Crippen molar-refractivity contribution < 1.29 is 33.9 Å². The summed E-state index contributed by atoms with van der Waals surface area (Å²) < 4.78 is 0. The first-order valence-corrected chi connectivity index (χ1v) is 17.5. The number of phenols is 1. The maximum Gasteiger partial charge on any atom is 0.243 e. The van der Waals surface area contributed by atoms with E-state index in [-0.39, 0.29) is 42.3 Å². The molecule has 274 valence electrons. The Morgan fingerprint density at radius 3 is 1.33 bits per heavy atom. The standard InChI is InChI=1S/C36H58N6O7/c1-11-22(10)30-36(49)38-26(17-23-12-14-24(43)15-13-23)32(45)39-28(20(6)7)34(47)41-29(21(8)9)35(48)40-27(19(4)5)33(46)37-25(16-18(2)3)31(44)42-30/h12-15,18-22,25-30,43H,11,16-17H2,1-10H3,(H,37,46)(H,38,49)(H,39,45)(H,40,48)(H,41,47)(H,42,44). The summed E-state index contributed by atoms with van der Waals surface area (Å²) in [5, 5.41) is 26.6. The topological polar surface area (TPSA) is 195 Å². The number of benzene rings is 1. The molecule has 1 aromatic carbocycles. The molecule has 13 heteroatoms. The van der Waals surface area contributed by atoms with E-state index >= 15 is 0 Å². The third-order valence-electron chi connectivity index (χ3n) is 8.88. The highest BCUT2D eigenvalue weighted by molar-refractivity contribution is 5.98. The molecule has 0 aromatic heterocycles. The molecule has 6 amide bonds. The SMILES string of the molecule is CCC(C)C1NC(=O)C(CC(C)C)NC(=O)C(C(C)C)NC(=O)C(C(C)C)NC(=O)C(C(C)C)NC(=O)C(Cc2ccc(O)cc2)NC1=O. The molecule has 1 aliphatic rings. The number of carbonyl (C=O) groups excluding carboxylic acids is 6. The lowest BCUT2D eigenvalue weighted by molar-refractivity contribution is -0.138. The first kappa shape index (κ1) is 41.0. The fourth-order valence-corrected chi connectivity index (χ4v) is 5.60. The van der Waals surface area contributed by atoms with Gasteiger partial charge in [-0.05, 0) is 53.7 Å². The van der Waals surface area contributed by atoms with Crippen LogP contribution in [0.3, 0.4) is 0 Å². The van der Waals surface area contributed by atoms with E-state index in [0.717, 1.165) is 0 Å². The summed E-state index contributed by atoms with van der Waals surface area (Å²) >= 11 is 0. The highest BCUT2D eigenvalue weighted by atomic mass is 16.3. The molecule has 0 radical (unpaired) electrons. The fraction of sp³-hybridized carbons (Fsp3) is 0.667. The molecule has 1 saturated heterocycles. The minimum absolute atomic E-state index is 0.00954. The van der Waals surface area contributed by atoms with Crippen molar-refractivity contribution in [2.75, 3.05) is 0 Å². The smallest absolute Gasteiger partial charge is 0.243 e. The molecule has 7 atom stereocenters. The molecule has 0 saturated carbocycles. The third-order valence-corrected chi connectivity index (χ3v) is 8.88. The van der Waals surface area contributed by atoms with E-state index in [2.05, 4.69) is 31.9 Å². The van der Waals surface area contributed by atoms with Crippen LogP contribution in [-0.4, -0.2) is 76.8 Å². The second kappa shape index (κ2) is 18.6. The summed E-state index contributed by atoms with van der Waals surface area (Å²) in [5.41, 5.74) is 0.631. The van der Waals surface area contributed by atoms with Gasteiger partial charge in [0.15, 0.2) is 0 Å². The number of hydrogen-bond acceptors (Lipinski definition) is 7. The van der Waals surface area contributed by atoms with Gasteiger partial charge in [-0.25, -0.2) is 0 Å². The lowest BCUT2D eigenvalue weighted by Crippen LogP contribution is -2.64. The van der Waals surface area contributed by atoms with Crippen molar-refractivity contribution in [2.45, 2.75) is 125 Å². The van der Waals surface area contributed by atoms with Gasteiger partial charge in [-0.2, -0.15) is 0 Å².